The average Bonchev–Trinajstić information content (AvgIpc) is 2.63. The first-order chi connectivity index (χ1) is 9.47. The first kappa shape index (κ1) is 14.7. The van der Waals surface area contributed by atoms with Gasteiger partial charge in [0, 0.05) is 24.6 Å². The van der Waals surface area contributed by atoms with Gasteiger partial charge < -0.3 is 9.84 Å². The van der Waals surface area contributed by atoms with E-state index in [9.17, 15) is 19.5 Å². The number of carboxylic acids is 1. The third-order valence-corrected chi connectivity index (χ3v) is 3.57. The van der Waals surface area contributed by atoms with Gasteiger partial charge >= 0.3 is 5.97 Å². The van der Waals surface area contributed by atoms with Crippen LogP contribution in [0.1, 0.15) is 27.1 Å². The minimum absolute atomic E-state index is 0.0540. The Hall–Kier alpha value is -1.73. The number of imide groups is 1. The standard InChI is InChI=1S/C13H12BrNO5/c1-20-5-4-10(13(18)19)15-11(16)8-3-2-7(14)6-9(8)12(15)17/h2-3,6,10H,4-5H2,1H3,(H,18,19). The number of ether oxygens (including phenoxy) is 1. The van der Waals surface area contributed by atoms with Crippen LogP contribution in [0.2, 0.25) is 0 Å². The maximum absolute atomic E-state index is 12.2. The first-order valence-corrected chi connectivity index (χ1v) is 6.66. The number of carboxylic acid groups (broad SMARTS) is 1. The van der Waals surface area contributed by atoms with Crippen LogP contribution >= 0.6 is 15.9 Å². The summed E-state index contributed by atoms with van der Waals surface area (Å²) in [5.41, 5.74) is 0.440. The quantitative estimate of drug-likeness (QED) is 0.821. The Morgan fingerprint density at radius 1 is 1.35 bits per heavy atom. The highest BCUT2D eigenvalue weighted by Gasteiger charge is 2.42. The maximum Gasteiger partial charge on any atom is 0.327 e. The summed E-state index contributed by atoms with van der Waals surface area (Å²) in [6, 6.07) is 3.44. The van der Waals surface area contributed by atoms with Crippen molar-refractivity contribution in [2.75, 3.05) is 13.7 Å². The van der Waals surface area contributed by atoms with Crippen molar-refractivity contribution in [3.63, 3.8) is 0 Å². The average molecular weight is 342 g/mol. The minimum atomic E-state index is -1.23. The van der Waals surface area contributed by atoms with Gasteiger partial charge in [0.2, 0.25) is 0 Å². The van der Waals surface area contributed by atoms with Crippen LogP contribution in [0.3, 0.4) is 0 Å². The normalized spacial score (nSPS) is 15.4. The summed E-state index contributed by atoms with van der Waals surface area (Å²) in [5.74, 6) is -2.40. The van der Waals surface area contributed by atoms with Crippen LogP contribution in [0.5, 0.6) is 0 Å². The Balaban J connectivity index is 2.37. The lowest BCUT2D eigenvalue weighted by Gasteiger charge is -2.22. The van der Waals surface area contributed by atoms with Gasteiger partial charge in [0.1, 0.15) is 6.04 Å². The predicted octanol–water partition coefficient (Wildman–Crippen LogP) is 1.53. The van der Waals surface area contributed by atoms with E-state index in [4.69, 9.17) is 4.74 Å². The van der Waals surface area contributed by atoms with Crippen LogP contribution in [-0.4, -0.2) is 47.5 Å². The molecule has 0 spiro atoms. The summed E-state index contributed by atoms with van der Waals surface area (Å²) in [7, 11) is 1.43. The minimum Gasteiger partial charge on any atom is -0.480 e. The Bertz CT molecular complexity index is 586. The molecular weight excluding hydrogens is 330 g/mol. The number of hydrogen-bond acceptors (Lipinski definition) is 4. The van der Waals surface area contributed by atoms with Gasteiger partial charge in [0.15, 0.2) is 0 Å². The van der Waals surface area contributed by atoms with Gasteiger partial charge in [-0.2, -0.15) is 0 Å². The number of carbonyl (C=O) groups excluding carboxylic acids is 2. The van der Waals surface area contributed by atoms with Crippen molar-refractivity contribution < 1.29 is 24.2 Å². The molecule has 1 aromatic carbocycles. The number of hydrogen-bond donors (Lipinski definition) is 1. The lowest BCUT2D eigenvalue weighted by Crippen LogP contribution is -2.45. The number of halogens is 1. The summed E-state index contributed by atoms with van der Waals surface area (Å²) < 4.78 is 5.48. The topological polar surface area (TPSA) is 83.9 Å². The zero-order valence-electron chi connectivity index (χ0n) is 10.6. The summed E-state index contributed by atoms with van der Waals surface area (Å²) in [5, 5.41) is 9.22. The van der Waals surface area contributed by atoms with E-state index in [0.29, 0.717) is 4.47 Å². The number of fused-ring (bicyclic) bond motifs is 1. The van der Waals surface area contributed by atoms with E-state index >= 15 is 0 Å². The molecule has 6 nitrogen and oxygen atoms in total. The van der Waals surface area contributed by atoms with Gasteiger partial charge in [0.25, 0.3) is 11.8 Å². The molecule has 7 heteroatoms. The van der Waals surface area contributed by atoms with Crippen LogP contribution in [0.4, 0.5) is 0 Å². The van der Waals surface area contributed by atoms with Crippen molar-refractivity contribution in [2.24, 2.45) is 0 Å². The number of methoxy groups -OCH3 is 1. The highest BCUT2D eigenvalue weighted by Crippen LogP contribution is 2.28. The molecule has 1 N–H and O–H groups in total. The molecule has 1 aromatic rings. The molecule has 0 saturated carbocycles. The summed E-state index contributed by atoms with van der Waals surface area (Å²) in [6.07, 6.45) is 0.0540. The molecule has 1 aliphatic heterocycles. The van der Waals surface area contributed by atoms with E-state index in [1.165, 1.54) is 19.2 Å². The third kappa shape index (κ3) is 2.46. The fourth-order valence-corrected chi connectivity index (χ4v) is 2.47. The zero-order valence-corrected chi connectivity index (χ0v) is 12.2. The Morgan fingerprint density at radius 2 is 2.00 bits per heavy atom. The van der Waals surface area contributed by atoms with E-state index in [0.717, 1.165) is 4.90 Å². The molecule has 0 fully saturated rings. The maximum atomic E-state index is 12.2. The molecule has 106 valence electrons. The molecule has 1 heterocycles. The van der Waals surface area contributed by atoms with Crippen LogP contribution in [0, 0.1) is 0 Å². The molecule has 20 heavy (non-hydrogen) atoms. The molecule has 1 unspecified atom stereocenters. The SMILES string of the molecule is COCCC(C(=O)O)N1C(=O)c2ccc(Br)cc2C1=O. The summed E-state index contributed by atoms with van der Waals surface area (Å²) in [6.45, 7) is 0.147. The Labute approximate surface area is 123 Å². The number of nitrogens with zero attached hydrogens (tertiary/aromatic N) is 1. The van der Waals surface area contributed by atoms with Gasteiger partial charge in [-0.15, -0.1) is 0 Å². The Kier molecular flexibility index (Phi) is 4.20. The second kappa shape index (κ2) is 5.72. The summed E-state index contributed by atoms with van der Waals surface area (Å²) >= 11 is 3.22. The van der Waals surface area contributed by atoms with Crippen molar-refractivity contribution in [2.45, 2.75) is 12.5 Å². The highest BCUT2D eigenvalue weighted by atomic mass is 79.9. The molecule has 0 aromatic heterocycles. The monoisotopic (exact) mass is 341 g/mol. The van der Waals surface area contributed by atoms with E-state index in [1.807, 2.05) is 0 Å². The van der Waals surface area contributed by atoms with Crippen LogP contribution in [0.15, 0.2) is 22.7 Å². The van der Waals surface area contributed by atoms with Crippen molar-refractivity contribution >= 4 is 33.7 Å². The van der Waals surface area contributed by atoms with Crippen molar-refractivity contribution in [1.29, 1.82) is 0 Å². The molecule has 0 radical (unpaired) electrons. The second-order valence-electron chi connectivity index (χ2n) is 4.31. The van der Waals surface area contributed by atoms with Gasteiger partial charge in [-0.25, -0.2) is 4.79 Å². The zero-order chi connectivity index (χ0) is 14.9. The molecule has 0 aliphatic carbocycles. The molecule has 1 atom stereocenters. The van der Waals surface area contributed by atoms with Crippen molar-refractivity contribution in [3.05, 3.63) is 33.8 Å². The van der Waals surface area contributed by atoms with Gasteiger partial charge in [-0.05, 0) is 18.2 Å². The number of amides is 2. The Morgan fingerprint density at radius 3 is 2.60 bits per heavy atom. The predicted molar refractivity (Wildman–Crippen MR) is 72.6 cm³/mol. The van der Waals surface area contributed by atoms with Crippen LogP contribution in [0.25, 0.3) is 0 Å². The van der Waals surface area contributed by atoms with Gasteiger partial charge in [0.05, 0.1) is 11.1 Å². The number of rotatable bonds is 5. The molecule has 2 rings (SSSR count). The third-order valence-electron chi connectivity index (χ3n) is 3.07. The fourth-order valence-electron chi connectivity index (χ4n) is 2.11. The molecule has 2 amide bonds. The smallest absolute Gasteiger partial charge is 0.327 e. The molecule has 0 saturated heterocycles. The highest BCUT2D eigenvalue weighted by molar-refractivity contribution is 9.10. The van der Waals surface area contributed by atoms with Crippen LogP contribution < -0.4 is 0 Å². The molecular formula is C13H12BrNO5. The first-order valence-electron chi connectivity index (χ1n) is 5.86. The number of aliphatic carboxylic acids is 1. The van der Waals surface area contributed by atoms with Gasteiger partial charge in [-0.3, -0.25) is 14.5 Å². The van der Waals surface area contributed by atoms with E-state index < -0.39 is 23.8 Å². The lowest BCUT2D eigenvalue weighted by molar-refractivity contribution is -0.142. The molecule has 1 aliphatic rings. The van der Waals surface area contributed by atoms with Crippen molar-refractivity contribution in [3.8, 4) is 0 Å². The molecule has 0 bridgehead atoms. The van der Waals surface area contributed by atoms with E-state index in [-0.39, 0.29) is 24.2 Å². The number of carbonyl (C=O) groups is 3. The van der Waals surface area contributed by atoms with E-state index in [2.05, 4.69) is 15.9 Å². The van der Waals surface area contributed by atoms with E-state index in [1.54, 1.807) is 6.07 Å². The number of benzene rings is 1. The largest absolute Gasteiger partial charge is 0.480 e. The fraction of sp³-hybridized carbons (Fsp3) is 0.308. The van der Waals surface area contributed by atoms with Crippen molar-refractivity contribution in [1.82, 2.24) is 4.90 Å². The van der Waals surface area contributed by atoms with Crippen LogP contribution in [-0.2, 0) is 9.53 Å². The second-order valence-corrected chi connectivity index (χ2v) is 5.22. The lowest BCUT2D eigenvalue weighted by atomic mass is 10.1. The van der Waals surface area contributed by atoms with Gasteiger partial charge in [-0.1, -0.05) is 15.9 Å². The summed E-state index contributed by atoms with van der Waals surface area (Å²) in [4.78, 5) is 36.5.